The van der Waals surface area contributed by atoms with Crippen LogP contribution in [0.3, 0.4) is 0 Å². The molecule has 2 aromatic rings. The van der Waals surface area contributed by atoms with E-state index in [1.165, 1.54) is 22.0 Å². The summed E-state index contributed by atoms with van der Waals surface area (Å²) in [5, 5.41) is 1.15. The summed E-state index contributed by atoms with van der Waals surface area (Å²) in [4.78, 5) is 15.2. The topological polar surface area (TPSA) is 42.1 Å². The lowest BCUT2D eigenvalue weighted by Crippen LogP contribution is -2.36. The molecule has 4 heteroatoms. The molecule has 112 valence electrons. The molecule has 0 saturated heterocycles. The lowest BCUT2D eigenvalue weighted by atomic mass is 9.86. The van der Waals surface area contributed by atoms with Gasteiger partial charge in [-0.15, -0.1) is 12.6 Å². The number of ether oxygens (including phenoxy) is 1. The molecule has 0 fully saturated rings. The minimum Gasteiger partial charge on any atom is -0.368 e. The summed E-state index contributed by atoms with van der Waals surface area (Å²) < 4.78 is 6.05. The lowest BCUT2D eigenvalue weighted by Gasteiger charge is -2.36. The van der Waals surface area contributed by atoms with Crippen LogP contribution in [-0.2, 0) is 28.0 Å². The van der Waals surface area contributed by atoms with E-state index in [1.807, 2.05) is 0 Å². The van der Waals surface area contributed by atoms with Crippen molar-refractivity contribution in [3.8, 4) is 0 Å². The number of aromatic amines is 1. The number of hydrogen-bond acceptors (Lipinski definition) is 2. The van der Waals surface area contributed by atoms with Crippen molar-refractivity contribution in [3.63, 3.8) is 0 Å². The first-order valence-corrected chi connectivity index (χ1v) is 8.04. The standard InChI is InChI=1S/C17H21NO2S/c1-3-11-6-5-7-12-13-8-9-20-17(4-2,10-14(19)21)16(13)18-15(11)12/h5-7,18H,3-4,8-10H2,1-2H3,(H,19,21). The van der Waals surface area contributed by atoms with Crippen molar-refractivity contribution >= 4 is 28.6 Å². The fraction of sp³-hybridized carbons (Fsp3) is 0.471. The van der Waals surface area contributed by atoms with Gasteiger partial charge in [-0.2, -0.15) is 0 Å². The second-order valence-corrected chi connectivity index (χ2v) is 6.19. The average Bonchev–Trinajstić information content (AvgIpc) is 2.87. The van der Waals surface area contributed by atoms with Crippen LogP contribution in [0.2, 0.25) is 0 Å². The summed E-state index contributed by atoms with van der Waals surface area (Å²) in [6, 6.07) is 6.43. The largest absolute Gasteiger partial charge is 0.368 e. The number of nitrogens with one attached hydrogen (secondary N) is 1. The van der Waals surface area contributed by atoms with Crippen LogP contribution in [0.1, 0.15) is 43.5 Å². The number of aryl methyl sites for hydroxylation is 1. The number of para-hydroxylation sites is 1. The van der Waals surface area contributed by atoms with E-state index in [-0.39, 0.29) is 5.12 Å². The second-order valence-electron chi connectivity index (χ2n) is 5.69. The summed E-state index contributed by atoms with van der Waals surface area (Å²) >= 11 is 3.98. The Hall–Kier alpha value is -1.26. The Kier molecular flexibility index (Phi) is 3.84. The van der Waals surface area contributed by atoms with E-state index in [4.69, 9.17) is 4.74 Å². The van der Waals surface area contributed by atoms with Gasteiger partial charge < -0.3 is 9.72 Å². The van der Waals surface area contributed by atoms with E-state index in [0.717, 1.165) is 25.0 Å². The smallest absolute Gasteiger partial charge is 0.189 e. The van der Waals surface area contributed by atoms with Crippen molar-refractivity contribution in [2.75, 3.05) is 6.61 Å². The van der Waals surface area contributed by atoms with E-state index in [0.29, 0.717) is 13.0 Å². The number of fused-ring (bicyclic) bond motifs is 3. The molecule has 1 unspecified atom stereocenters. The molecule has 0 spiro atoms. The van der Waals surface area contributed by atoms with Gasteiger partial charge in [0, 0.05) is 10.9 Å². The second kappa shape index (κ2) is 5.50. The summed E-state index contributed by atoms with van der Waals surface area (Å²) in [6.07, 6.45) is 2.96. The zero-order valence-corrected chi connectivity index (χ0v) is 13.4. The van der Waals surface area contributed by atoms with E-state index < -0.39 is 5.60 Å². The van der Waals surface area contributed by atoms with Crippen LogP contribution in [0.5, 0.6) is 0 Å². The molecule has 1 aliphatic rings. The number of H-pyrrole nitrogens is 1. The van der Waals surface area contributed by atoms with Crippen LogP contribution < -0.4 is 0 Å². The molecule has 2 heterocycles. The Morgan fingerprint density at radius 2 is 2.24 bits per heavy atom. The Labute approximate surface area is 130 Å². The van der Waals surface area contributed by atoms with Crippen molar-refractivity contribution in [1.29, 1.82) is 0 Å². The molecule has 0 aliphatic carbocycles. The molecule has 3 nitrogen and oxygen atoms in total. The molecule has 3 rings (SSSR count). The van der Waals surface area contributed by atoms with Crippen molar-refractivity contribution in [2.24, 2.45) is 0 Å². The highest BCUT2D eigenvalue weighted by Crippen LogP contribution is 2.42. The minimum atomic E-state index is -0.545. The zero-order valence-electron chi connectivity index (χ0n) is 12.5. The molecule has 0 bridgehead atoms. The number of rotatable bonds is 4. The Bertz CT molecular complexity index is 691. The van der Waals surface area contributed by atoms with Gasteiger partial charge in [0.15, 0.2) is 5.12 Å². The first kappa shape index (κ1) is 14.7. The van der Waals surface area contributed by atoms with Crippen molar-refractivity contribution in [3.05, 3.63) is 35.0 Å². The number of thiol groups is 1. The number of carbonyl (C=O) groups excluding carboxylic acids is 1. The number of aromatic nitrogens is 1. The maximum Gasteiger partial charge on any atom is 0.189 e. The molecule has 21 heavy (non-hydrogen) atoms. The highest BCUT2D eigenvalue weighted by Gasteiger charge is 2.40. The van der Waals surface area contributed by atoms with E-state index >= 15 is 0 Å². The van der Waals surface area contributed by atoms with Gasteiger partial charge in [-0.3, -0.25) is 4.79 Å². The molecule has 1 aromatic heterocycles. The van der Waals surface area contributed by atoms with Crippen LogP contribution in [0.15, 0.2) is 18.2 Å². The molecule has 1 aromatic carbocycles. The monoisotopic (exact) mass is 303 g/mol. The zero-order chi connectivity index (χ0) is 15.0. The third-order valence-corrected chi connectivity index (χ3v) is 4.76. The molecule has 1 aliphatic heterocycles. The quantitative estimate of drug-likeness (QED) is 0.845. The van der Waals surface area contributed by atoms with Crippen molar-refractivity contribution in [2.45, 2.75) is 45.1 Å². The maximum absolute atomic E-state index is 11.6. The van der Waals surface area contributed by atoms with E-state index in [2.05, 4.69) is 49.7 Å². The first-order chi connectivity index (χ1) is 10.1. The molecule has 0 radical (unpaired) electrons. The Balaban J connectivity index is 2.24. The summed E-state index contributed by atoms with van der Waals surface area (Å²) in [5.74, 6) is 0. The molecular formula is C17H21NO2S. The SMILES string of the molecule is CCc1cccc2c3c([nH]c12)C(CC)(CC(=O)S)OCC3. The van der Waals surface area contributed by atoms with Gasteiger partial charge in [-0.05, 0) is 30.4 Å². The van der Waals surface area contributed by atoms with Gasteiger partial charge >= 0.3 is 0 Å². The number of benzene rings is 1. The predicted octanol–water partition coefficient (Wildman–Crippen LogP) is 3.75. The van der Waals surface area contributed by atoms with Crippen LogP contribution in [0.25, 0.3) is 10.9 Å². The predicted molar refractivity (Wildman–Crippen MR) is 87.9 cm³/mol. The third kappa shape index (κ3) is 2.30. The van der Waals surface area contributed by atoms with Gasteiger partial charge in [0.05, 0.1) is 18.7 Å². The van der Waals surface area contributed by atoms with E-state index in [1.54, 1.807) is 0 Å². The first-order valence-electron chi connectivity index (χ1n) is 7.60. The summed E-state index contributed by atoms with van der Waals surface area (Å²) in [6.45, 7) is 4.89. The molecule has 0 amide bonds. The molecule has 0 saturated carbocycles. The van der Waals surface area contributed by atoms with Gasteiger partial charge in [0.25, 0.3) is 0 Å². The van der Waals surface area contributed by atoms with Crippen LogP contribution in [-0.4, -0.2) is 16.7 Å². The third-order valence-electron chi connectivity index (χ3n) is 4.60. The van der Waals surface area contributed by atoms with Crippen LogP contribution in [0, 0.1) is 0 Å². The maximum atomic E-state index is 11.6. The van der Waals surface area contributed by atoms with Gasteiger partial charge in [-0.1, -0.05) is 32.0 Å². The molecule has 1 N–H and O–H groups in total. The molecule has 1 atom stereocenters. The molecular weight excluding hydrogens is 282 g/mol. The summed E-state index contributed by atoms with van der Waals surface area (Å²) in [5.41, 5.74) is 4.35. The fourth-order valence-corrected chi connectivity index (χ4v) is 3.74. The van der Waals surface area contributed by atoms with Crippen molar-refractivity contribution < 1.29 is 9.53 Å². The lowest BCUT2D eigenvalue weighted by molar-refractivity contribution is -0.122. The van der Waals surface area contributed by atoms with Crippen LogP contribution in [0.4, 0.5) is 0 Å². The fourth-order valence-electron chi connectivity index (χ4n) is 3.49. The number of carbonyl (C=O) groups is 1. The Morgan fingerprint density at radius 1 is 1.43 bits per heavy atom. The average molecular weight is 303 g/mol. The number of hydrogen-bond donors (Lipinski definition) is 2. The van der Waals surface area contributed by atoms with Gasteiger partial charge in [0.2, 0.25) is 0 Å². The van der Waals surface area contributed by atoms with Gasteiger partial charge in [0.1, 0.15) is 5.60 Å². The highest BCUT2D eigenvalue weighted by atomic mass is 32.1. The van der Waals surface area contributed by atoms with Crippen LogP contribution >= 0.6 is 12.6 Å². The summed E-state index contributed by atoms with van der Waals surface area (Å²) in [7, 11) is 0. The minimum absolute atomic E-state index is 0.126. The van der Waals surface area contributed by atoms with Crippen molar-refractivity contribution in [1.82, 2.24) is 4.98 Å². The highest BCUT2D eigenvalue weighted by molar-refractivity contribution is 7.96. The van der Waals surface area contributed by atoms with E-state index in [9.17, 15) is 4.79 Å². The Morgan fingerprint density at radius 3 is 2.90 bits per heavy atom. The van der Waals surface area contributed by atoms with Gasteiger partial charge in [-0.25, -0.2) is 0 Å². The normalized spacial score (nSPS) is 21.5.